The molecule has 0 bridgehead atoms. The molecule has 1 heterocycles. The predicted molar refractivity (Wildman–Crippen MR) is 96.0 cm³/mol. The van der Waals surface area contributed by atoms with E-state index in [9.17, 15) is 17.2 Å². The van der Waals surface area contributed by atoms with Crippen molar-refractivity contribution in [1.82, 2.24) is 9.36 Å². The van der Waals surface area contributed by atoms with Gasteiger partial charge in [-0.1, -0.05) is 18.2 Å². The fourth-order valence-corrected chi connectivity index (χ4v) is 3.73. The molecule has 0 aliphatic rings. The Morgan fingerprint density at radius 2 is 1.81 bits per heavy atom. The summed E-state index contributed by atoms with van der Waals surface area (Å²) in [5.41, 5.74) is 1.01. The second-order valence-corrected chi connectivity index (χ2v) is 8.51. The molecule has 1 N–H and O–H groups in total. The van der Waals surface area contributed by atoms with Crippen molar-refractivity contribution in [2.45, 2.75) is 17.9 Å². The van der Waals surface area contributed by atoms with Gasteiger partial charge in [0.1, 0.15) is 5.82 Å². The number of halogens is 2. The number of hydrogen-bond acceptors (Lipinski definition) is 6. The van der Waals surface area contributed by atoms with Crippen LogP contribution in [0.5, 0.6) is 0 Å². The highest BCUT2D eigenvalue weighted by Gasteiger charge is 2.19. The zero-order valence-corrected chi connectivity index (χ0v) is 15.5. The molecule has 0 aliphatic heterocycles. The SMILES string of the molecule is Cc1nsc(NC(c2cccc(S(C)(=O)=O)c2)c2ccc(F)c(F)c2)n1. The van der Waals surface area contributed by atoms with Crippen LogP contribution in [0.15, 0.2) is 47.4 Å². The van der Waals surface area contributed by atoms with Gasteiger partial charge < -0.3 is 5.32 Å². The summed E-state index contributed by atoms with van der Waals surface area (Å²) < 4.78 is 54.9. The van der Waals surface area contributed by atoms with E-state index in [0.717, 1.165) is 29.9 Å². The largest absolute Gasteiger partial charge is 0.349 e. The molecule has 0 fully saturated rings. The number of nitrogens with one attached hydrogen (secondary N) is 1. The fourth-order valence-electron chi connectivity index (χ4n) is 2.45. The minimum absolute atomic E-state index is 0.137. The summed E-state index contributed by atoms with van der Waals surface area (Å²) in [6.07, 6.45) is 1.11. The molecule has 3 aromatic rings. The van der Waals surface area contributed by atoms with E-state index in [0.29, 0.717) is 22.1 Å². The van der Waals surface area contributed by atoms with Crippen LogP contribution in [0.4, 0.5) is 13.9 Å². The maximum absolute atomic E-state index is 13.7. The lowest BCUT2D eigenvalue weighted by Gasteiger charge is -2.20. The molecule has 0 aliphatic carbocycles. The van der Waals surface area contributed by atoms with Gasteiger partial charge in [0.2, 0.25) is 5.13 Å². The topological polar surface area (TPSA) is 72.0 Å². The summed E-state index contributed by atoms with van der Waals surface area (Å²) in [5.74, 6) is -1.36. The Labute approximate surface area is 153 Å². The second-order valence-electron chi connectivity index (χ2n) is 5.74. The van der Waals surface area contributed by atoms with E-state index in [1.165, 1.54) is 18.2 Å². The first-order valence-electron chi connectivity index (χ1n) is 7.56. The van der Waals surface area contributed by atoms with Crippen molar-refractivity contribution in [3.05, 3.63) is 71.1 Å². The third-order valence-electron chi connectivity index (χ3n) is 3.69. The lowest BCUT2D eigenvalue weighted by atomic mass is 9.98. The van der Waals surface area contributed by atoms with Crippen molar-refractivity contribution in [3.8, 4) is 0 Å². The summed E-state index contributed by atoms with van der Waals surface area (Å²) in [6, 6.07) is 9.22. The quantitative estimate of drug-likeness (QED) is 0.713. The van der Waals surface area contributed by atoms with E-state index in [-0.39, 0.29) is 4.90 Å². The lowest BCUT2D eigenvalue weighted by molar-refractivity contribution is 0.506. The molecule has 0 radical (unpaired) electrons. The van der Waals surface area contributed by atoms with Gasteiger partial charge in [-0.25, -0.2) is 22.2 Å². The Kier molecular flexibility index (Phi) is 5.01. The molecule has 0 saturated carbocycles. The first-order chi connectivity index (χ1) is 12.2. The van der Waals surface area contributed by atoms with E-state index in [1.54, 1.807) is 19.1 Å². The highest BCUT2D eigenvalue weighted by Crippen LogP contribution is 2.29. The van der Waals surface area contributed by atoms with Crippen LogP contribution in [0.25, 0.3) is 0 Å². The van der Waals surface area contributed by atoms with Crippen molar-refractivity contribution in [1.29, 1.82) is 0 Å². The van der Waals surface area contributed by atoms with Crippen molar-refractivity contribution < 1.29 is 17.2 Å². The van der Waals surface area contributed by atoms with Gasteiger partial charge in [0, 0.05) is 17.8 Å². The summed E-state index contributed by atoms with van der Waals surface area (Å²) in [6.45, 7) is 1.73. The smallest absolute Gasteiger partial charge is 0.203 e. The van der Waals surface area contributed by atoms with Gasteiger partial charge in [0.15, 0.2) is 21.5 Å². The Morgan fingerprint density at radius 3 is 2.42 bits per heavy atom. The third-order valence-corrected chi connectivity index (χ3v) is 5.54. The third kappa shape index (κ3) is 4.05. The van der Waals surface area contributed by atoms with E-state index < -0.39 is 27.5 Å². The average Bonchev–Trinajstić information content (AvgIpc) is 3.00. The predicted octanol–water partition coefficient (Wildman–Crippen LogP) is 3.73. The van der Waals surface area contributed by atoms with Crippen molar-refractivity contribution in [2.75, 3.05) is 11.6 Å². The highest BCUT2D eigenvalue weighted by molar-refractivity contribution is 7.90. The van der Waals surface area contributed by atoms with E-state index >= 15 is 0 Å². The maximum Gasteiger partial charge on any atom is 0.203 e. The van der Waals surface area contributed by atoms with Crippen molar-refractivity contribution >= 4 is 26.5 Å². The molecular formula is C17H15F2N3O2S2. The molecule has 1 aromatic heterocycles. The summed E-state index contributed by atoms with van der Waals surface area (Å²) in [4.78, 5) is 4.36. The second kappa shape index (κ2) is 7.08. The van der Waals surface area contributed by atoms with E-state index in [1.807, 2.05) is 0 Å². The van der Waals surface area contributed by atoms with Gasteiger partial charge >= 0.3 is 0 Å². The number of rotatable bonds is 5. The van der Waals surface area contributed by atoms with E-state index in [4.69, 9.17) is 0 Å². The van der Waals surface area contributed by atoms with E-state index in [2.05, 4.69) is 14.7 Å². The van der Waals surface area contributed by atoms with Gasteiger partial charge in [-0.15, -0.1) is 0 Å². The Hall–Kier alpha value is -2.39. The first-order valence-corrected chi connectivity index (χ1v) is 10.2. The highest BCUT2D eigenvalue weighted by atomic mass is 32.2. The first kappa shape index (κ1) is 18.4. The van der Waals surface area contributed by atoms with Gasteiger partial charge in [0.25, 0.3) is 0 Å². The number of benzene rings is 2. The van der Waals surface area contributed by atoms with Crippen LogP contribution in [0.2, 0.25) is 0 Å². The summed E-state index contributed by atoms with van der Waals surface area (Å²) in [7, 11) is -3.41. The molecule has 0 amide bonds. The van der Waals surface area contributed by atoms with Gasteiger partial charge in [-0.2, -0.15) is 4.37 Å². The van der Waals surface area contributed by atoms with Crippen molar-refractivity contribution in [3.63, 3.8) is 0 Å². The zero-order chi connectivity index (χ0) is 18.9. The average molecular weight is 395 g/mol. The number of aromatic nitrogens is 2. The molecule has 0 saturated heterocycles. The molecule has 26 heavy (non-hydrogen) atoms. The molecule has 3 rings (SSSR count). The summed E-state index contributed by atoms with van der Waals surface area (Å²) >= 11 is 1.13. The van der Waals surface area contributed by atoms with Gasteiger partial charge in [-0.05, 0) is 42.3 Å². The maximum atomic E-state index is 13.7. The van der Waals surface area contributed by atoms with Crippen LogP contribution in [-0.2, 0) is 9.84 Å². The Balaban J connectivity index is 2.09. The molecule has 2 aromatic carbocycles. The fraction of sp³-hybridized carbons (Fsp3) is 0.176. The van der Waals surface area contributed by atoms with Crippen molar-refractivity contribution in [2.24, 2.45) is 0 Å². The van der Waals surface area contributed by atoms with Crippen LogP contribution in [0.1, 0.15) is 23.0 Å². The van der Waals surface area contributed by atoms with Gasteiger partial charge in [0.05, 0.1) is 10.9 Å². The minimum atomic E-state index is -3.41. The minimum Gasteiger partial charge on any atom is -0.349 e. The van der Waals surface area contributed by atoms with Crippen LogP contribution in [-0.4, -0.2) is 24.0 Å². The Morgan fingerprint density at radius 1 is 1.08 bits per heavy atom. The Bertz CT molecular complexity index is 1050. The summed E-state index contributed by atoms with van der Waals surface area (Å²) in [5, 5.41) is 3.61. The number of aryl methyl sites for hydroxylation is 1. The molecular weight excluding hydrogens is 380 g/mol. The number of sulfone groups is 1. The monoisotopic (exact) mass is 395 g/mol. The number of hydrogen-bond donors (Lipinski definition) is 1. The molecule has 9 heteroatoms. The molecule has 1 unspecified atom stereocenters. The molecule has 1 atom stereocenters. The van der Waals surface area contributed by atoms with Crippen LogP contribution in [0, 0.1) is 18.6 Å². The zero-order valence-electron chi connectivity index (χ0n) is 13.9. The van der Waals surface area contributed by atoms with Crippen LogP contribution in [0.3, 0.4) is 0 Å². The standard InChI is InChI=1S/C17H15F2N3O2S2/c1-10-20-17(25-22-10)21-16(12-6-7-14(18)15(19)9-12)11-4-3-5-13(8-11)26(2,23)24/h3-9,16H,1-2H3,(H,20,21,22). The number of nitrogens with zero attached hydrogens (tertiary/aromatic N) is 2. The van der Waals surface area contributed by atoms with Gasteiger partial charge in [-0.3, -0.25) is 0 Å². The molecule has 5 nitrogen and oxygen atoms in total. The normalized spacial score (nSPS) is 12.8. The van der Waals surface area contributed by atoms with Crippen LogP contribution < -0.4 is 5.32 Å². The molecule has 0 spiro atoms. The molecule has 136 valence electrons. The van der Waals surface area contributed by atoms with Crippen LogP contribution >= 0.6 is 11.5 Å². The number of anilines is 1. The lowest BCUT2D eigenvalue weighted by Crippen LogP contribution is -2.13.